The van der Waals surface area contributed by atoms with Gasteiger partial charge in [-0.3, -0.25) is 14.9 Å². The van der Waals surface area contributed by atoms with Crippen LogP contribution in [-0.2, 0) is 0 Å². The molecule has 1 amide bonds. The van der Waals surface area contributed by atoms with Crippen molar-refractivity contribution in [3.05, 3.63) is 39.4 Å². The van der Waals surface area contributed by atoms with Gasteiger partial charge in [0.1, 0.15) is 0 Å². The minimum absolute atomic E-state index is 0.00137. The number of rotatable bonds is 3. The molecule has 1 fully saturated rings. The van der Waals surface area contributed by atoms with Crippen LogP contribution in [0, 0.1) is 17.0 Å². The number of carbonyl (C=O) groups is 1. The van der Waals surface area contributed by atoms with Crippen LogP contribution in [0.15, 0.2) is 18.2 Å². The molecule has 1 aromatic carbocycles. The molecule has 108 valence electrons. The Kier molecular flexibility index (Phi) is 4.71. The van der Waals surface area contributed by atoms with Crippen LogP contribution in [0.1, 0.15) is 54.4 Å². The summed E-state index contributed by atoms with van der Waals surface area (Å²) in [5.41, 5.74) is 0.839. The lowest BCUT2D eigenvalue weighted by atomic mass is 10.0. The molecule has 1 aliphatic carbocycles. The molecule has 0 atom stereocenters. The zero-order chi connectivity index (χ0) is 14.5. The molecule has 0 aromatic heterocycles. The van der Waals surface area contributed by atoms with Gasteiger partial charge in [-0.15, -0.1) is 0 Å². The topological polar surface area (TPSA) is 72.2 Å². The van der Waals surface area contributed by atoms with Gasteiger partial charge in [-0.25, -0.2) is 0 Å². The van der Waals surface area contributed by atoms with E-state index < -0.39 is 4.92 Å². The minimum Gasteiger partial charge on any atom is -0.349 e. The van der Waals surface area contributed by atoms with Crippen molar-refractivity contribution in [2.45, 2.75) is 51.5 Å². The zero-order valence-electron chi connectivity index (χ0n) is 11.7. The molecule has 0 heterocycles. The molecule has 0 spiro atoms. The highest BCUT2D eigenvalue weighted by Crippen LogP contribution is 2.22. The second-order valence-electron chi connectivity index (χ2n) is 5.37. The fraction of sp³-hybridized carbons (Fsp3) is 0.533. The first-order valence-corrected chi connectivity index (χ1v) is 7.14. The van der Waals surface area contributed by atoms with Crippen LogP contribution in [0.3, 0.4) is 0 Å². The molecule has 1 aliphatic rings. The van der Waals surface area contributed by atoms with Gasteiger partial charge in [0.25, 0.3) is 11.6 Å². The van der Waals surface area contributed by atoms with Gasteiger partial charge in [-0.2, -0.15) is 0 Å². The normalized spacial score (nSPS) is 16.4. The molecule has 1 saturated carbocycles. The van der Waals surface area contributed by atoms with Crippen LogP contribution in [0.5, 0.6) is 0 Å². The maximum absolute atomic E-state index is 12.3. The average Bonchev–Trinajstić information content (AvgIpc) is 2.67. The largest absolute Gasteiger partial charge is 0.349 e. The number of hydrogen-bond donors (Lipinski definition) is 1. The number of nitro benzene ring substituents is 1. The van der Waals surface area contributed by atoms with Crippen molar-refractivity contribution in [1.29, 1.82) is 0 Å². The lowest BCUT2D eigenvalue weighted by Crippen LogP contribution is -2.34. The second kappa shape index (κ2) is 6.50. The van der Waals surface area contributed by atoms with Gasteiger partial charge in [0, 0.05) is 23.2 Å². The molecular formula is C15H20N2O3. The molecule has 5 heteroatoms. The molecule has 20 heavy (non-hydrogen) atoms. The highest BCUT2D eigenvalue weighted by atomic mass is 16.6. The van der Waals surface area contributed by atoms with Crippen molar-refractivity contribution in [1.82, 2.24) is 5.32 Å². The number of nitrogens with zero attached hydrogens (tertiary/aromatic N) is 1. The number of nitro groups is 1. The molecule has 0 bridgehead atoms. The van der Waals surface area contributed by atoms with E-state index in [0.717, 1.165) is 25.7 Å². The van der Waals surface area contributed by atoms with Crippen molar-refractivity contribution in [3.63, 3.8) is 0 Å². The zero-order valence-corrected chi connectivity index (χ0v) is 11.7. The Morgan fingerprint density at radius 2 is 1.90 bits per heavy atom. The summed E-state index contributed by atoms with van der Waals surface area (Å²) >= 11 is 0. The number of nitrogens with one attached hydrogen (secondary N) is 1. The van der Waals surface area contributed by atoms with Crippen molar-refractivity contribution in [2.75, 3.05) is 0 Å². The number of carbonyl (C=O) groups excluding carboxylic acids is 1. The van der Waals surface area contributed by atoms with Crippen molar-refractivity contribution < 1.29 is 9.72 Å². The van der Waals surface area contributed by atoms with Crippen LogP contribution < -0.4 is 5.32 Å². The summed E-state index contributed by atoms with van der Waals surface area (Å²) in [5, 5.41) is 13.9. The predicted molar refractivity (Wildman–Crippen MR) is 76.8 cm³/mol. The van der Waals surface area contributed by atoms with Crippen LogP contribution in [-0.4, -0.2) is 16.9 Å². The first-order chi connectivity index (χ1) is 9.59. The third kappa shape index (κ3) is 3.35. The van der Waals surface area contributed by atoms with E-state index in [9.17, 15) is 14.9 Å². The van der Waals surface area contributed by atoms with Gasteiger partial charge in [0.2, 0.25) is 0 Å². The third-order valence-corrected chi connectivity index (χ3v) is 3.94. The minimum atomic E-state index is -0.447. The summed E-state index contributed by atoms with van der Waals surface area (Å²) < 4.78 is 0. The van der Waals surface area contributed by atoms with Gasteiger partial charge in [0.15, 0.2) is 0 Å². The van der Waals surface area contributed by atoms with Gasteiger partial charge in [-0.1, -0.05) is 31.7 Å². The lowest BCUT2D eigenvalue weighted by Gasteiger charge is -2.17. The van der Waals surface area contributed by atoms with E-state index in [1.165, 1.54) is 18.9 Å². The Hall–Kier alpha value is -1.91. The number of amides is 1. The SMILES string of the molecule is Cc1c(C(=O)NC2CCCCCC2)cccc1[N+](=O)[O-]. The molecule has 1 aromatic rings. The van der Waals surface area contributed by atoms with E-state index in [1.54, 1.807) is 19.1 Å². The fourth-order valence-corrected chi connectivity index (χ4v) is 2.75. The molecule has 0 aliphatic heterocycles. The maximum atomic E-state index is 12.3. The van der Waals surface area contributed by atoms with Crippen LogP contribution in [0.25, 0.3) is 0 Å². The van der Waals surface area contributed by atoms with E-state index in [2.05, 4.69) is 5.32 Å². The van der Waals surface area contributed by atoms with Crippen molar-refractivity contribution in [2.24, 2.45) is 0 Å². The molecule has 1 N–H and O–H groups in total. The Bertz CT molecular complexity index is 506. The first-order valence-electron chi connectivity index (χ1n) is 7.14. The third-order valence-electron chi connectivity index (χ3n) is 3.94. The molecule has 0 saturated heterocycles. The standard InChI is InChI=1S/C15H20N2O3/c1-11-13(9-6-10-14(11)17(19)20)15(18)16-12-7-4-2-3-5-8-12/h6,9-10,12H,2-5,7-8H2,1H3,(H,16,18). The first kappa shape index (κ1) is 14.5. The smallest absolute Gasteiger partial charge is 0.273 e. The summed E-state index contributed by atoms with van der Waals surface area (Å²) in [7, 11) is 0. The summed E-state index contributed by atoms with van der Waals surface area (Å²) in [4.78, 5) is 22.7. The predicted octanol–water partition coefficient (Wildman–Crippen LogP) is 3.36. The van der Waals surface area contributed by atoms with Gasteiger partial charge in [0.05, 0.1) is 4.92 Å². The van der Waals surface area contributed by atoms with E-state index >= 15 is 0 Å². The maximum Gasteiger partial charge on any atom is 0.273 e. The van der Waals surface area contributed by atoms with E-state index in [1.807, 2.05) is 0 Å². The Morgan fingerprint density at radius 3 is 2.50 bits per heavy atom. The average molecular weight is 276 g/mol. The van der Waals surface area contributed by atoms with Crippen molar-refractivity contribution in [3.8, 4) is 0 Å². The monoisotopic (exact) mass is 276 g/mol. The summed E-state index contributed by atoms with van der Waals surface area (Å²) in [6.45, 7) is 1.63. The molecule has 0 radical (unpaired) electrons. The van der Waals surface area contributed by atoms with Gasteiger partial charge >= 0.3 is 0 Å². The molecule has 2 rings (SSSR count). The van der Waals surface area contributed by atoms with Gasteiger partial charge in [-0.05, 0) is 25.8 Å². The second-order valence-corrected chi connectivity index (χ2v) is 5.37. The number of hydrogen-bond acceptors (Lipinski definition) is 3. The summed E-state index contributed by atoms with van der Waals surface area (Å²) in [6.07, 6.45) is 6.72. The fourth-order valence-electron chi connectivity index (χ4n) is 2.75. The van der Waals surface area contributed by atoms with E-state index in [4.69, 9.17) is 0 Å². The van der Waals surface area contributed by atoms with Crippen molar-refractivity contribution >= 4 is 11.6 Å². The highest BCUT2D eigenvalue weighted by Gasteiger charge is 2.20. The Labute approximate surface area is 118 Å². The van der Waals surface area contributed by atoms with Crippen LogP contribution in [0.4, 0.5) is 5.69 Å². The summed E-state index contributed by atoms with van der Waals surface area (Å²) in [6, 6.07) is 4.84. The van der Waals surface area contributed by atoms with Gasteiger partial charge < -0.3 is 5.32 Å². The van der Waals surface area contributed by atoms with E-state index in [-0.39, 0.29) is 17.6 Å². The Morgan fingerprint density at radius 1 is 1.25 bits per heavy atom. The molecule has 0 unspecified atom stereocenters. The van der Waals surface area contributed by atoms with Crippen LogP contribution in [0.2, 0.25) is 0 Å². The highest BCUT2D eigenvalue weighted by molar-refractivity contribution is 5.96. The molecular weight excluding hydrogens is 256 g/mol. The lowest BCUT2D eigenvalue weighted by molar-refractivity contribution is -0.385. The van der Waals surface area contributed by atoms with Crippen LogP contribution >= 0.6 is 0 Å². The molecule has 5 nitrogen and oxygen atoms in total. The Balaban J connectivity index is 2.12. The quantitative estimate of drug-likeness (QED) is 0.522. The summed E-state index contributed by atoms with van der Waals surface area (Å²) in [5.74, 6) is -0.196. The number of benzene rings is 1. The van der Waals surface area contributed by atoms with E-state index in [0.29, 0.717) is 11.1 Å².